The van der Waals surface area contributed by atoms with Crippen molar-refractivity contribution >= 4 is 5.69 Å². The van der Waals surface area contributed by atoms with Crippen LogP contribution in [-0.4, -0.2) is 25.2 Å². The molecular weight excluding hydrogens is 208 g/mol. The van der Waals surface area contributed by atoms with Gasteiger partial charge in [0.05, 0.1) is 0 Å². The quantitative estimate of drug-likeness (QED) is 0.813. The first-order valence-corrected chi connectivity index (χ1v) is 6.61. The summed E-state index contributed by atoms with van der Waals surface area (Å²) in [5, 5.41) is 3.50. The van der Waals surface area contributed by atoms with Crippen molar-refractivity contribution in [3.8, 4) is 0 Å². The lowest BCUT2D eigenvalue weighted by atomic mass is 10.1. The molecule has 1 unspecified atom stereocenters. The molecule has 17 heavy (non-hydrogen) atoms. The zero-order chi connectivity index (χ0) is 12.8. The van der Waals surface area contributed by atoms with Crippen LogP contribution in [0.2, 0.25) is 0 Å². The van der Waals surface area contributed by atoms with Gasteiger partial charge in [0.1, 0.15) is 0 Å². The molecule has 1 aromatic rings. The van der Waals surface area contributed by atoms with E-state index in [9.17, 15) is 0 Å². The third-order valence-electron chi connectivity index (χ3n) is 3.03. The lowest BCUT2D eigenvalue weighted by molar-refractivity contribution is 0.521. The van der Waals surface area contributed by atoms with E-state index in [4.69, 9.17) is 0 Å². The highest BCUT2D eigenvalue weighted by atomic mass is 15.2. The van der Waals surface area contributed by atoms with Crippen LogP contribution >= 0.6 is 0 Å². The summed E-state index contributed by atoms with van der Waals surface area (Å²) >= 11 is 0. The van der Waals surface area contributed by atoms with E-state index < -0.39 is 0 Å². The maximum absolute atomic E-state index is 3.50. The lowest BCUT2D eigenvalue weighted by Gasteiger charge is -2.31. The number of nitrogens with one attached hydrogen (secondary N) is 1. The molecule has 0 spiro atoms. The molecule has 0 saturated carbocycles. The van der Waals surface area contributed by atoms with Gasteiger partial charge in [-0.05, 0) is 38.5 Å². The molecule has 0 heterocycles. The Hall–Kier alpha value is -1.02. The van der Waals surface area contributed by atoms with Gasteiger partial charge in [-0.2, -0.15) is 0 Å². The molecular formula is C15H26N2. The predicted octanol–water partition coefficient (Wildman–Crippen LogP) is 3.21. The number of rotatable bonds is 6. The molecule has 0 saturated heterocycles. The second-order valence-corrected chi connectivity index (χ2v) is 5.04. The maximum Gasteiger partial charge on any atom is 0.0386 e. The van der Waals surface area contributed by atoms with Crippen LogP contribution in [0, 0.1) is 6.92 Å². The SMILES string of the molecule is CCN(c1cccc(C)c1)C(C)CNC(C)C. The first-order chi connectivity index (χ1) is 8.04. The number of nitrogens with zero attached hydrogens (tertiary/aromatic N) is 1. The molecule has 2 heteroatoms. The van der Waals surface area contributed by atoms with Gasteiger partial charge < -0.3 is 10.2 Å². The van der Waals surface area contributed by atoms with Crippen molar-refractivity contribution in [1.82, 2.24) is 5.32 Å². The van der Waals surface area contributed by atoms with Gasteiger partial charge in [-0.1, -0.05) is 26.0 Å². The second-order valence-electron chi connectivity index (χ2n) is 5.04. The predicted molar refractivity (Wildman–Crippen MR) is 76.8 cm³/mol. The zero-order valence-electron chi connectivity index (χ0n) is 11.8. The van der Waals surface area contributed by atoms with Crippen LogP contribution in [0.5, 0.6) is 0 Å². The minimum Gasteiger partial charge on any atom is -0.368 e. The average molecular weight is 234 g/mol. The van der Waals surface area contributed by atoms with Gasteiger partial charge >= 0.3 is 0 Å². The van der Waals surface area contributed by atoms with E-state index in [1.165, 1.54) is 11.3 Å². The Morgan fingerprint density at radius 1 is 1.24 bits per heavy atom. The van der Waals surface area contributed by atoms with Crippen molar-refractivity contribution in [3.05, 3.63) is 29.8 Å². The molecule has 0 aliphatic rings. The Labute approximate surface area is 106 Å². The fourth-order valence-electron chi connectivity index (χ4n) is 2.07. The van der Waals surface area contributed by atoms with Crippen LogP contribution in [-0.2, 0) is 0 Å². The minimum absolute atomic E-state index is 0.518. The maximum atomic E-state index is 3.50. The molecule has 96 valence electrons. The first-order valence-electron chi connectivity index (χ1n) is 6.61. The van der Waals surface area contributed by atoms with Gasteiger partial charge in [0, 0.05) is 30.9 Å². The van der Waals surface area contributed by atoms with E-state index in [-0.39, 0.29) is 0 Å². The van der Waals surface area contributed by atoms with E-state index in [1.54, 1.807) is 0 Å². The number of hydrogen-bond donors (Lipinski definition) is 1. The topological polar surface area (TPSA) is 15.3 Å². The smallest absolute Gasteiger partial charge is 0.0386 e. The molecule has 0 aliphatic heterocycles. The van der Waals surface area contributed by atoms with Crippen molar-refractivity contribution in [2.45, 2.75) is 46.7 Å². The van der Waals surface area contributed by atoms with Gasteiger partial charge in [0.15, 0.2) is 0 Å². The van der Waals surface area contributed by atoms with E-state index in [2.05, 4.69) is 69.1 Å². The summed E-state index contributed by atoms with van der Waals surface area (Å²) in [6.45, 7) is 13.1. The molecule has 1 aromatic carbocycles. The van der Waals surface area contributed by atoms with Crippen LogP contribution < -0.4 is 10.2 Å². The third-order valence-corrected chi connectivity index (χ3v) is 3.03. The molecule has 0 aromatic heterocycles. The van der Waals surface area contributed by atoms with Crippen molar-refractivity contribution < 1.29 is 0 Å². The molecule has 2 nitrogen and oxygen atoms in total. The van der Waals surface area contributed by atoms with Crippen molar-refractivity contribution in [2.24, 2.45) is 0 Å². The Balaban J connectivity index is 2.70. The lowest BCUT2D eigenvalue weighted by Crippen LogP contribution is -2.42. The molecule has 1 atom stereocenters. The minimum atomic E-state index is 0.518. The fraction of sp³-hybridized carbons (Fsp3) is 0.600. The van der Waals surface area contributed by atoms with Gasteiger partial charge in [-0.3, -0.25) is 0 Å². The van der Waals surface area contributed by atoms with E-state index in [0.29, 0.717) is 12.1 Å². The van der Waals surface area contributed by atoms with E-state index >= 15 is 0 Å². The standard InChI is InChI=1S/C15H26N2/c1-6-17(14(5)11-16-12(2)3)15-9-7-8-13(4)10-15/h7-10,12,14,16H,6,11H2,1-5H3. The van der Waals surface area contributed by atoms with Crippen LogP contribution in [0.1, 0.15) is 33.3 Å². The van der Waals surface area contributed by atoms with Crippen LogP contribution in [0.3, 0.4) is 0 Å². The number of likely N-dealkylation sites (N-methyl/N-ethyl adjacent to an activating group) is 1. The molecule has 0 bridgehead atoms. The van der Waals surface area contributed by atoms with Gasteiger partial charge in [-0.25, -0.2) is 0 Å². The summed E-state index contributed by atoms with van der Waals surface area (Å²) in [5.74, 6) is 0. The number of hydrogen-bond acceptors (Lipinski definition) is 2. The van der Waals surface area contributed by atoms with Gasteiger partial charge in [0.2, 0.25) is 0 Å². The van der Waals surface area contributed by atoms with Crippen molar-refractivity contribution in [2.75, 3.05) is 18.0 Å². The average Bonchev–Trinajstić information content (AvgIpc) is 2.27. The molecule has 0 radical (unpaired) electrons. The summed E-state index contributed by atoms with van der Waals surface area (Å²) in [4.78, 5) is 2.45. The fourth-order valence-corrected chi connectivity index (χ4v) is 2.07. The number of anilines is 1. The zero-order valence-corrected chi connectivity index (χ0v) is 11.8. The molecule has 0 fully saturated rings. The Morgan fingerprint density at radius 3 is 2.47 bits per heavy atom. The highest BCUT2D eigenvalue weighted by Gasteiger charge is 2.12. The van der Waals surface area contributed by atoms with Crippen LogP contribution in [0.4, 0.5) is 5.69 Å². The second kappa shape index (κ2) is 6.65. The van der Waals surface area contributed by atoms with Gasteiger partial charge in [0.25, 0.3) is 0 Å². The largest absolute Gasteiger partial charge is 0.368 e. The molecule has 0 amide bonds. The summed E-state index contributed by atoms with van der Waals surface area (Å²) in [6.07, 6.45) is 0. The monoisotopic (exact) mass is 234 g/mol. The Bertz CT molecular complexity index is 333. The van der Waals surface area contributed by atoms with E-state index in [0.717, 1.165) is 13.1 Å². The van der Waals surface area contributed by atoms with Crippen molar-refractivity contribution in [1.29, 1.82) is 0 Å². The molecule has 1 rings (SSSR count). The number of benzene rings is 1. The summed E-state index contributed by atoms with van der Waals surface area (Å²) in [6, 6.07) is 9.81. The van der Waals surface area contributed by atoms with Crippen LogP contribution in [0.25, 0.3) is 0 Å². The molecule has 0 aliphatic carbocycles. The molecule has 1 N–H and O–H groups in total. The van der Waals surface area contributed by atoms with Crippen LogP contribution in [0.15, 0.2) is 24.3 Å². The number of aryl methyl sites for hydroxylation is 1. The first kappa shape index (κ1) is 14.0. The van der Waals surface area contributed by atoms with Crippen molar-refractivity contribution in [3.63, 3.8) is 0 Å². The van der Waals surface area contributed by atoms with E-state index in [1.807, 2.05) is 0 Å². The Kier molecular flexibility index (Phi) is 5.49. The summed E-state index contributed by atoms with van der Waals surface area (Å²) in [7, 11) is 0. The summed E-state index contributed by atoms with van der Waals surface area (Å²) in [5.41, 5.74) is 2.65. The Morgan fingerprint density at radius 2 is 1.94 bits per heavy atom. The highest BCUT2D eigenvalue weighted by molar-refractivity contribution is 5.49. The highest BCUT2D eigenvalue weighted by Crippen LogP contribution is 2.18. The van der Waals surface area contributed by atoms with Gasteiger partial charge in [-0.15, -0.1) is 0 Å². The third kappa shape index (κ3) is 4.39. The summed E-state index contributed by atoms with van der Waals surface area (Å²) < 4.78 is 0. The normalized spacial score (nSPS) is 12.8.